The molecule has 0 saturated carbocycles. The van der Waals surface area contributed by atoms with Crippen molar-refractivity contribution in [1.29, 1.82) is 0 Å². The Morgan fingerprint density at radius 2 is 1.94 bits per heavy atom. The Bertz CT molecular complexity index is 400. The molecule has 94 valence electrons. The van der Waals surface area contributed by atoms with Gasteiger partial charge in [-0.05, 0) is 50.7 Å². The summed E-state index contributed by atoms with van der Waals surface area (Å²) in [6, 6.07) is 5.55. The van der Waals surface area contributed by atoms with Crippen LogP contribution in [-0.2, 0) is 5.41 Å². The molecule has 4 heteroatoms. The van der Waals surface area contributed by atoms with Crippen LogP contribution in [0.4, 0.5) is 0 Å². The number of nitrogens with zero attached hydrogens (tertiary/aromatic N) is 1. The van der Waals surface area contributed by atoms with E-state index in [-0.39, 0.29) is 12.0 Å². The average molecular weight is 274 g/mol. The Hall–Kier alpha value is -0.280. The molecule has 2 rings (SSSR count). The molecule has 1 N–H and O–H groups in total. The van der Waals surface area contributed by atoms with Gasteiger partial charge < -0.3 is 10.0 Å². The summed E-state index contributed by atoms with van der Waals surface area (Å²) in [5.41, 5.74) is 0.827. The van der Waals surface area contributed by atoms with Crippen LogP contribution in [0, 0.1) is 0 Å². The van der Waals surface area contributed by atoms with E-state index in [2.05, 4.69) is 11.9 Å². The van der Waals surface area contributed by atoms with Crippen molar-refractivity contribution in [2.45, 2.75) is 18.3 Å². The predicted molar refractivity (Wildman–Crippen MR) is 72.0 cm³/mol. The van der Waals surface area contributed by atoms with E-state index in [1.807, 2.05) is 12.1 Å². The second-order valence-electron chi connectivity index (χ2n) is 4.87. The van der Waals surface area contributed by atoms with Crippen LogP contribution in [0.1, 0.15) is 18.4 Å². The highest BCUT2D eigenvalue weighted by molar-refractivity contribution is 6.35. The summed E-state index contributed by atoms with van der Waals surface area (Å²) < 4.78 is 0. The molecule has 2 nitrogen and oxygen atoms in total. The average Bonchev–Trinajstić information content (AvgIpc) is 2.31. The van der Waals surface area contributed by atoms with Crippen molar-refractivity contribution in [3.8, 4) is 0 Å². The Kier molecular flexibility index (Phi) is 3.99. The molecule has 1 aromatic carbocycles. The molecular formula is C13H17Cl2NO. The number of hydrogen-bond acceptors (Lipinski definition) is 2. The van der Waals surface area contributed by atoms with Gasteiger partial charge in [0.05, 0.1) is 6.61 Å². The highest BCUT2D eigenvalue weighted by Gasteiger charge is 2.36. The van der Waals surface area contributed by atoms with Gasteiger partial charge in [-0.3, -0.25) is 0 Å². The van der Waals surface area contributed by atoms with Crippen LogP contribution in [0.2, 0.25) is 10.0 Å². The van der Waals surface area contributed by atoms with Gasteiger partial charge in [-0.25, -0.2) is 0 Å². The third-order valence-corrected chi connectivity index (χ3v) is 4.30. The summed E-state index contributed by atoms with van der Waals surface area (Å²) in [4.78, 5) is 2.28. The van der Waals surface area contributed by atoms with Crippen LogP contribution in [0.3, 0.4) is 0 Å². The van der Waals surface area contributed by atoms with Crippen LogP contribution in [0.25, 0.3) is 0 Å². The summed E-state index contributed by atoms with van der Waals surface area (Å²) in [7, 11) is 2.10. The molecule has 1 aliphatic rings. The van der Waals surface area contributed by atoms with Gasteiger partial charge in [-0.2, -0.15) is 0 Å². The fourth-order valence-corrected chi connectivity index (χ4v) is 3.09. The van der Waals surface area contributed by atoms with Gasteiger partial charge in [0.1, 0.15) is 0 Å². The number of hydrogen-bond donors (Lipinski definition) is 1. The summed E-state index contributed by atoms with van der Waals surface area (Å²) in [5.74, 6) is 0. The number of aliphatic hydroxyl groups is 1. The maximum Gasteiger partial charge on any atom is 0.0529 e. The normalized spacial score (nSPS) is 20.5. The molecule has 0 spiro atoms. The summed E-state index contributed by atoms with van der Waals surface area (Å²) >= 11 is 12.2. The molecule has 0 aromatic heterocycles. The van der Waals surface area contributed by atoms with Gasteiger partial charge in [-0.15, -0.1) is 0 Å². The van der Waals surface area contributed by atoms with Crippen molar-refractivity contribution in [3.63, 3.8) is 0 Å². The number of piperidine rings is 1. The number of halogens is 2. The van der Waals surface area contributed by atoms with Gasteiger partial charge in [-0.1, -0.05) is 29.3 Å². The lowest BCUT2D eigenvalue weighted by atomic mass is 9.73. The van der Waals surface area contributed by atoms with E-state index in [4.69, 9.17) is 23.2 Å². The molecule has 1 saturated heterocycles. The highest BCUT2D eigenvalue weighted by atomic mass is 35.5. The summed E-state index contributed by atoms with van der Waals surface area (Å²) in [5, 5.41) is 11.1. The van der Waals surface area contributed by atoms with Crippen molar-refractivity contribution >= 4 is 23.2 Å². The standard InChI is InChI=1S/C13H17Cl2NO/c1-16-6-4-13(9-17,5-7-16)11-3-2-10(14)8-12(11)15/h2-3,8,17H,4-7,9H2,1H3. The van der Waals surface area contributed by atoms with Crippen molar-refractivity contribution < 1.29 is 5.11 Å². The SMILES string of the molecule is CN1CCC(CO)(c2ccc(Cl)cc2Cl)CC1. The Balaban J connectivity index is 2.34. The molecule has 0 radical (unpaired) electrons. The van der Waals surface area contributed by atoms with Crippen molar-refractivity contribution in [2.75, 3.05) is 26.7 Å². The minimum atomic E-state index is -0.200. The van der Waals surface area contributed by atoms with E-state index >= 15 is 0 Å². The Morgan fingerprint density at radius 1 is 1.29 bits per heavy atom. The van der Waals surface area contributed by atoms with Crippen molar-refractivity contribution in [3.05, 3.63) is 33.8 Å². The van der Waals surface area contributed by atoms with E-state index in [0.29, 0.717) is 10.0 Å². The molecule has 17 heavy (non-hydrogen) atoms. The lowest BCUT2D eigenvalue weighted by molar-refractivity contribution is 0.114. The van der Waals surface area contributed by atoms with E-state index in [9.17, 15) is 5.11 Å². The zero-order chi connectivity index (χ0) is 12.5. The van der Waals surface area contributed by atoms with E-state index in [0.717, 1.165) is 31.5 Å². The first kappa shape index (κ1) is 13.2. The summed E-state index contributed by atoms with van der Waals surface area (Å²) in [6.45, 7) is 2.11. The minimum absolute atomic E-state index is 0.141. The van der Waals surface area contributed by atoms with Crippen LogP contribution < -0.4 is 0 Å². The minimum Gasteiger partial charge on any atom is -0.395 e. The zero-order valence-electron chi connectivity index (χ0n) is 9.92. The second kappa shape index (κ2) is 5.15. The van der Waals surface area contributed by atoms with Gasteiger partial charge in [0.15, 0.2) is 0 Å². The first-order valence-electron chi connectivity index (χ1n) is 5.82. The molecule has 1 fully saturated rings. The summed E-state index contributed by atoms with van der Waals surface area (Å²) in [6.07, 6.45) is 1.86. The third kappa shape index (κ3) is 2.60. The maximum atomic E-state index is 9.76. The smallest absolute Gasteiger partial charge is 0.0529 e. The molecule has 1 aliphatic heterocycles. The fraction of sp³-hybridized carbons (Fsp3) is 0.538. The molecule has 0 unspecified atom stereocenters. The van der Waals surface area contributed by atoms with Crippen LogP contribution in [-0.4, -0.2) is 36.8 Å². The third-order valence-electron chi connectivity index (χ3n) is 3.75. The lowest BCUT2D eigenvalue weighted by Gasteiger charge is -2.40. The maximum absolute atomic E-state index is 9.76. The Labute approximate surface area is 112 Å². The molecule has 1 aromatic rings. The molecule has 0 bridgehead atoms. The molecule has 0 atom stereocenters. The topological polar surface area (TPSA) is 23.5 Å². The van der Waals surface area contributed by atoms with Gasteiger partial charge in [0.25, 0.3) is 0 Å². The molecule has 0 aliphatic carbocycles. The van der Waals surface area contributed by atoms with E-state index < -0.39 is 0 Å². The number of benzene rings is 1. The highest BCUT2D eigenvalue weighted by Crippen LogP contribution is 2.39. The van der Waals surface area contributed by atoms with Gasteiger partial charge >= 0.3 is 0 Å². The monoisotopic (exact) mass is 273 g/mol. The van der Waals surface area contributed by atoms with E-state index in [1.54, 1.807) is 6.07 Å². The van der Waals surface area contributed by atoms with Gasteiger partial charge in [0.2, 0.25) is 0 Å². The van der Waals surface area contributed by atoms with Crippen LogP contribution in [0.15, 0.2) is 18.2 Å². The zero-order valence-corrected chi connectivity index (χ0v) is 11.4. The largest absolute Gasteiger partial charge is 0.395 e. The fourth-order valence-electron chi connectivity index (χ4n) is 2.48. The number of likely N-dealkylation sites (tertiary alicyclic amines) is 1. The molecule has 0 amide bonds. The van der Waals surface area contributed by atoms with Crippen molar-refractivity contribution in [1.82, 2.24) is 4.90 Å². The lowest BCUT2D eigenvalue weighted by Crippen LogP contribution is -2.43. The predicted octanol–water partition coefficient (Wildman–Crippen LogP) is 2.95. The molecule has 1 heterocycles. The molecular weight excluding hydrogens is 257 g/mol. The van der Waals surface area contributed by atoms with Crippen LogP contribution >= 0.6 is 23.2 Å². The van der Waals surface area contributed by atoms with Crippen LogP contribution in [0.5, 0.6) is 0 Å². The number of rotatable bonds is 2. The quantitative estimate of drug-likeness (QED) is 0.896. The van der Waals surface area contributed by atoms with E-state index in [1.165, 1.54) is 0 Å². The number of aliphatic hydroxyl groups excluding tert-OH is 1. The Morgan fingerprint density at radius 3 is 2.47 bits per heavy atom. The first-order valence-corrected chi connectivity index (χ1v) is 6.58. The second-order valence-corrected chi connectivity index (χ2v) is 5.71. The van der Waals surface area contributed by atoms with Crippen molar-refractivity contribution in [2.24, 2.45) is 0 Å². The first-order chi connectivity index (χ1) is 8.07. The van der Waals surface area contributed by atoms with Gasteiger partial charge in [0, 0.05) is 15.5 Å².